The second-order valence-electron chi connectivity index (χ2n) is 9.97. The Labute approximate surface area is 278 Å². The van der Waals surface area contributed by atoms with Gasteiger partial charge in [-0.25, -0.2) is 0 Å². The molecule has 0 aromatic rings. The molecule has 0 bridgehead atoms. The van der Waals surface area contributed by atoms with Gasteiger partial charge in [0.25, 0.3) is 3.79 Å². The smallest absolute Gasteiger partial charge is 0.303 e. The molecule has 0 radical (unpaired) electrons. The molecule has 46 heavy (non-hydrogen) atoms. The van der Waals surface area contributed by atoms with Crippen LogP contribution in [-0.2, 0) is 76.1 Å². The summed E-state index contributed by atoms with van der Waals surface area (Å²) < 4.78 is 52.9. The lowest BCUT2D eigenvalue weighted by Gasteiger charge is -2.48. The molecule has 0 aromatic carbocycles. The van der Waals surface area contributed by atoms with Crippen molar-refractivity contribution in [3.05, 3.63) is 0 Å². The van der Waals surface area contributed by atoms with Gasteiger partial charge in [-0.15, -0.1) is 0 Å². The maximum absolute atomic E-state index is 12.3. The molecule has 2 rings (SSSR count). The fraction of sp³-hybridized carbons (Fsp3) is 0.731. The molecule has 260 valence electrons. The normalized spacial score (nSPS) is 31.0. The van der Waals surface area contributed by atoms with Crippen LogP contribution >= 0.6 is 34.8 Å². The molecular formula is C26H34Cl3NO16. The second kappa shape index (κ2) is 16.7. The van der Waals surface area contributed by atoms with Crippen LogP contribution in [0.25, 0.3) is 0 Å². The van der Waals surface area contributed by atoms with Crippen molar-refractivity contribution >= 4 is 76.5 Å². The summed E-state index contributed by atoms with van der Waals surface area (Å²) in [7, 11) is 0. The van der Waals surface area contributed by atoms with Gasteiger partial charge in [0.05, 0.1) is 6.10 Å². The molecule has 2 fully saturated rings. The maximum atomic E-state index is 12.3. The summed E-state index contributed by atoms with van der Waals surface area (Å²) in [6.45, 7) is 7.10. The molecular weight excluding hydrogens is 689 g/mol. The van der Waals surface area contributed by atoms with E-state index in [0.29, 0.717) is 0 Å². The number of carbonyl (C=O) groups is 6. The Morgan fingerprint density at radius 3 is 1.48 bits per heavy atom. The van der Waals surface area contributed by atoms with E-state index in [1.807, 2.05) is 0 Å². The van der Waals surface area contributed by atoms with Crippen LogP contribution in [0.1, 0.15) is 48.5 Å². The van der Waals surface area contributed by atoms with Crippen molar-refractivity contribution in [2.75, 3.05) is 6.61 Å². The fourth-order valence-corrected chi connectivity index (χ4v) is 4.66. The van der Waals surface area contributed by atoms with E-state index in [9.17, 15) is 28.8 Å². The van der Waals surface area contributed by atoms with Crippen LogP contribution in [0.3, 0.4) is 0 Å². The summed E-state index contributed by atoms with van der Waals surface area (Å²) in [6.07, 6.45) is -15.6. The summed E-state index contributed by atoms with van der Waals surface area (Å²) in [5, 5.41) is 8.00. The highest BCUT2D eigenvalue weighted by Gasteiger charge is 2.57. The Bertz CT molecular complexity index is 1180. The monoisotopic (exact) mass is 721 g/mol. The number of hydrogen-bond donors (Lipinski definition) is 1. The number of alkyl halides is 3. The van der Waals surface area contributed by atoms with Crippen LogP contribution in [0.5, 0.6) is 0 Å². The summed E-state index contributed by atoms with van der Waals surface area (Å²) in [6, 6.07) is 0. The highest BCUT2D eigenvalue weighted by Crippen LogP contribution is 2.37. The van der Waals surface area contributed by atoms with Crippen molar-refractivity contribution in [3.63, 3.8) is 0 Å². The zero-order chi connectivity index (χ0) is 35.1. The third kappa shape index (κ3) is 11.4. The van der Waals surface area contributed by atoms with E-state index in [0.717, 1.165) is 41.5 Å². The molecule has 2 aliphatic heterocycles. The van der Waals surface area contributed by atoms with Crippen LogP contribution in [0.2, 0.25) is 0 Å². The zero-order valence-corrected chi connectivity index (χ0v) is 27.9. The van der Waals surface area contributed by atoms with Gasteiger partial charge in [-0.2, -0.15) is 0 Å². The topological polar surface area (TPSA) is 219 Å². The molecule has 0 saturated carbocycles. The predicted molar refractivity (Wildman–Crippen MR) is 151 cm³/mol. The van der Waals surface area contributed by atoms with E-state index in [1.165, 1.54) is 6.92 Å². The van der Waals surface area contributed by atoms with Crippen molar-refractivity contribution in [1.82, 2.24) is 0 Å². The minimum absolute atomic E-state index is 0.575. The first kappa shape index (κ1) is 39.2. The predicted octanol–water partition coefficient (Wildman–Crippen LogP) is 1.43. The number of halogens is 3. The number of rotatable bonds is 10. The highest BCUT2D eigenvalue weighted by atomic mass is 35.6. The SMILES string of the molecule is CC(=O)OC[C@H]1O[C@@H](O[C@H]2[C@H](OC(C)=O)[C@@H](OC(=N)C(Cl)(Cl)Cl)O[C@@H](C)[C@H]2OC(C)=O)[C@H](OC(C)=O)[C@@H](OC(C)=O)[C@H]1OC(C)=O. The van der Waals surface area contributed by atoms with Gasteiger partial charge in [-0.05, 0) is 6.92 Å². The minimum Gasteiger partial charge on any atom is -0.463 e. The van der Waals surface area contributed by atoms with E-state index in [2.05, 4.69) is 0 Å². The van der Waals surface area contributed by atoms with Crippen LogP contribution in [-0.4, -0.2) is 114 Å². The summed E-state index contributed by atoms with van der Waals surface area (Å²) in [5.74, 6) is -6.14. The molecule has 2 heterocycles. The average Bonchev–Trinajstić information content (AvgIpc) is 2.88. The van der Waals surface area contributed by atoms with Gasteiger partial charge < -0.3 is 47.4 Å². The molecule has 2 aliphatic rings. The molecule has 0 amide bonds. The Morgan fingerprint density at radius 1 is 0.587 bits per heavy atom. The lowest BCUT2D eigenvalue weighted by molar-refractivity contribution is -0.353. The van der Waals surface area contributed by atoms with Gasteiger partial charge in [-0.1, -0.05) is 34.8 Å². The zero-order valence-electron chi connectivity index (χ0n) is 25.6. The molecule has 1 N–H and O–H groups in total. The van der Waals surface area contributed by atoms with Gasteiger partial charge in [0, 0.05) is 41.5 Å². The second-order valence-corrected chi connectivity index (χ2v) is 12.3. The molecule has 10 atom stereocenters. The van der Waals surface area contributed by atoms with E-state index >= 15 is 0 Å². The van der Waals surface area contributed by atoms with Crippen LogP contribution in [0, 0.1) is 5.41 Å². The van der Waals surface area contributed by atoms with Gasteiger partial charge in [-0.3, -0.25) is 34.2 Å². The first-order chi connectivity index (χ1) is 21.2. The Morgan fingerprint density at radius 2 is 1.02 bits per heavy atom. The van der Waals surface area contributed by atoms with Gasteiger partial charge in [0.1, 0.15) is 18.8 Å². The molecule has 0 aliphatic carbocycles. The van der Waals surface area contributed by atoms with Crippen molar-refractivity contribution in [1.29, 1.82) is 5.41 Å². The average molecular weight is 723 g/mol. The van der Waals surface area contributed by atoms with E-state index in [-0.39, 0.29) is 0 Å². The van der Waals surface area contributed by atoms with Gasteiger partial charge in [0.15, 0.2) is 36.8 Å². The number of ether oxygens (including phenoxy) is 10. The number of nitrogens with one attached hydrogen (secondary N) is 1. The van der Waals surface area contributed by atoms with E-state index < -0.39 is 114 Å². The summed E-state index contributed by atoms with van der Waals surface area (Å²) >= 11 is 17.3. The van der Waals surface area contributed by atoms with Crippen molar-refractivity contribution in [2.45, 2.75) is 114 Å². The number of carbonyl (C=O) groups excluding carboxylic acids is 6. The van der Waals surface area contributed by atoms with Gasteiger partial charge >= 0.3 is 35.8 Å². The quantitative estimate of drug-likeness (QED) is 0.111. The Kier molecular flexibility index (Phi) is 14.3. The highest BCUT2D eigenvalue weighted by molar-refractivity contribution is 6.76. The van der Waals surface area contributed by atoms with Crippen molar-refractivity contribution in [2.24, 2.45) is 0 Å². The minimum atomic E-state index is -2.38. The van der Waals surface area contributed by atoms with Crippen molar-refractivity contribution < 1.29 is 76.1 Å². The Balaban J connectivity index is 2.70. The van der Waals surface area contributed by atoms with Crippen LogP contribution in [0.15, 0.2) is 0 Å². The van der Waals surface area contributed by atoms with E-state index in [1.54, 1.807) is 0 Å². The number of esters is 6. The lowest BCUT2D eigenvalue weighted by Crippen LogP contribution is -2.67. The standard InChI is InChI=1S/C26H34Cl3NO16/c1-9-17(39-11(3)32)19(21(42-14(6)35)23(38-9)46-25(30)26(27,28)29)45-24-22(43-15(7)36)20(41-13(5)34)18(40-12(4)33)16(44-24)8-37-10(2)31/h9,16-24,30H,8H2,1-7H3/t9-,16+,17+,18-,19+,20-,21-,22+,23+,24-/m0/s1. The largest absolute Gasteiger partial charge is 0.463 e. The third-order valence-corrected chi connectivity index (χ3v) is 6.58. The molecule has 20 heteroatoms. The molecule has 17 nitrogen and oxygen atoms in total. The van der Waals surface area contributed by atoms with E-state index in [4.69, 9.17) is 87.6 Å². The van der Waals surface area contributed by atoms with Crippen molar-refractivity contribution in [3.8, 4) is 0 Å². The fourth-order valence-electron chi connectivity index (χ4n) is 4.53. The summed E-state index contributed by atoms with van der Waals surface area (Å²) in [5.41, 5.74) is 0. The molecule has 0 aromatic heterocycles. The van der Waals surface area contributed by atoms with Crippen LogP contribution < -0.4 is 0 Å². The first-order valence-electron chi connectivity index (χ1n) is 13.5. The van der Waals surface area contributed by atoms with Crippen LogP contribution in [0.4, 0.5) is 0 Å². The van der Waals surface area contributed by atoms with Gasteiger partial charge in [0.2, 0.25) is 12.2 Å². The summed E-state index contributed by atoms with van der Waals surface area (Å²) in [4.78, 5) is 72.5. The third-order valence-electron chi connectivity index (χ3n) is 6.06. The first-order valence-corrected chi connectivity index (χ1v) is 14.6. The molecule has 2 saturated heterocycles. The maximum Gasteiger partial charge on any atom is 0.303 e. The molecule has 0 unspecified atom stereocenters. The Hall–Kier alpha value is -2.96. The lowest BCUT2D eigenvalue weighted by atomic mass is 9.96. The molecule has 0 spiro atoms. The number of hydrogen-bond acceptors (Lipinski definition) is 17.